The Bertz CT molecular complexity index is 2100. The minimum absolute atomic E-state index is 0.102. The van der Waals surface area contributed by atoms with Crippen molar-refractivity contribution in [1.82, 2.24) is 56.0 Å². The van der Waals surface area contributed by atoms with Gasteiger partial charge in [0, 0.05) is 42.3 Å². The number of carbonyl (C=O) groups is 11. The Morgan fingerprint density at radius 2 is 0.808 bits per heavy atom. The molecule has 0 aromatic heterocycles. The second-order valence-electron chi connectivity index (χ2n) is 23.5. The normalized spacial score (nSPS) is 27.5. The van der Waals surface area contributed by atoms with Gasteiger partial charge in [-0.1, -0.05) is 82.6 Å². The average Bonchev–Trinajstić information content (AvgIpc) is 3.33. The zero-order valence-electron chi connectivity index (χ0n) is 50.8. The van der Waals surface area contributed by atoms with Crippen molar-refractivity contribution >= 4 is 65.0 Å². The molecule has 0 bridgehead atoms. The summed E-state index contributed by atoms with van der Waals surface area (Å²) < 4.78 is 0. The number of rotatable bonds is 12. The molecule has 0 aromatic rings. The van der Waals surface area contributed by atoms with E-state index in [0.29, 0.717) is 6.42 Å². The Morgan fingerprint density at radius 3 is 1.23 bits per heavy atom. The van der Waals surface area contributed by atoms with Crippen molar-refractivity contribution in [2.24, 2.45) is 29.6 Å². The largest absolute Gasteiger partial charge is 0.391 e. The summed E-state index contributed by atoms with van der Waals surface area (Å²) in [5, 5.41) is 24.5. The molecule has 1 saturated heterocycles. The maximum Gasteiger partial charge on any atom is 0.246 e. The van der Waals surface area contributed by atoms with Crippen LogP contribution in [0.1, 0.15) is 142 Å². The fourth-order valence-corrected chi connectivity index (χ4v) is 9.46. The lowest BCUT2D eigenvalue weighted by Crippen LogP contribution is -2.61. The molecule has 1 heterocycles. The highest BCUT2D eigenvalue weighted by Crippen LogP contribution is 2.21. The van der Waals surface area contributed by atoms with E-state index in [0.717, 1.165) is 9.80 Å². The lowest BCUT2D eigenvalue weighted by atomic mass is 9.97. The molecule has 1 fully saturated rings. The average molecular weight is 1110 g/mol. The second-order valence-corrected chi connectivity index (χ2v) is 23.5. The first kappa shape index (κ1) is 70.1. The van der Waals surface area contributed by atoms with E-state index >= 15 is 0 Å². The molecule has 1 aliphatic rings. The molecule has 11 atom stereocenters. The van der Waals surface area contributed by atoms with Crippen molar-refractivity contribution in [3.8, 4) is 0 Å². The van der Waals surface area contributed by atoms with Crippen LogP contribution in [-0.2, 0) is 52.7 Å². The lowest BCUT2D eigenvalue weighted by molar-refractivity contribution is -0.150. The van der Waals surface area contributed by atoms with Gasteiger partial charge in [-0.2, -0.15) is 0 Å². The molecule has 0 aliphatic carbocycles. The van der Waals surface area contributed by atoms with Crippen molar-refractivity contribution < 1.29 is 57.8 Å². The number of likely N-dealkylation sites (N-methyl/N-ethyl adjacent to an activating group) is 6. The number of nitrogens with one attached hydrogen (secondary N) is 5. The number of carbonyl (C=O) groups excluding carboxylic acids is 11. The summed E-state index contributed by atoms with van der Waals surface area (Å²) in [5.41, 5.74) is 0. The van der Waals surface area contributed by atoms with Gasteiger partial charge in [0.15, 0.2) is 0 Å². The van der Waals surface area contributed by atoms with Gasteiger partial charge < -0.3 is 61.1 Å². The van der Waals surface area contributed by atoms with Gasteiger partial charge in [-0.25, -0.2) is 0 Å². The molecule has 11 amide bonds. The minimum Gasteiger partial charge on any atom is -0.391 e. The van der Waals surface area contributed by atoms with Gasteiger partial charge in [0.05, 0.1) is 12.6 Å². The highest BCUT2D eigenvalue weighted by atomic mass is 16.3. The van der Waals surface area contributed by atoms with Gasteiger partial charge in [-0.3, -0.25) is 52.7 Å². The maximum absolute atomic E-state index is 14.6. The van der Waals surface area contributed by atoms with Crippen LogP contribution >= 0.6 is 0 Å². The van der Waals surface area contributed by atoms with Gasteiger partial charge in [-0.05, 0) is 89.4 Å². The fourth-order valence-electron chi connectivity index (χ4n) is 9.46. The number of amides is 11. The molecular weight excluding hydrogens is 1010 g/mol. The summed E-state index contributed by atoms with van der Waals surface area (Å²) in [7, 11) is 8.32. The second kappa shape index (κ2) is 31.7. The number of aliphatic hydroxyl groups excluding tert-OH is 1. The molecule has 23 heteroatoms. The summed E-state index contributed by atoms with van der Waals surface area (Å²) in [5.74, 6) is -8.64. The van der Waals surface area contributed by atoms with Gasteiger partial charge in [0.2, 0.25) is 65.0 Å². The SMILES string of the molecule is CCC[C@@H]1NC(=O)[C@H]([C@@H](C)O)N(C)C(=O)[C@H](C)NC(=O)[C@H](CC(C)C)N(C)C(=O)[C@H](CC(C)C)N(C)C(=O)[C@@H](C)NC(=O)[C@H](C)NC(=O)[C@H](CC(C)C)N(C)C(=O)[C@H](C(C)C)NC(=O)[C@H](CC(C)C)N(C)C(=O)CN(C)C1=O. The quantitative estimate of drug-likeness (QED) is 0.160. The van der Waals surface area contributed by atoms with Crippen LogP contribution < -0.4 is 26.6 Å². The highest BCUT2D eigenvalue weighted by Gasteiger charge is 2.42. The monoisotopic (exact) mass is 1110 g/mol. The number of aliphatic hydroxyl groups is 1. The number of nitrogens with zero attached hydrogens (tertiary/aromatic N) is 6. The van der Waals surface area contributed by atoms with E-state index in [1.807, 2.05) is 55.4 Å². The van der Waals surface area contributed by atoms with Crippen molar-refractivity contribution in [2.45, 2.75) is 209 Å². The van der Waals surface area contributed by atoms with Crippen LogP contribution in [0, 0.1) is 29.6 Å². The maximum atomic E-state index is 14.6. The van der Waals surface area contributed by atoms with E-state index in [2.05, 4.69) is 26.6 Å². The van der Waals surface area contributed by atoms with Crippen molar-refractivity contribution in [1.29, 1.82) is 0 Å². The van der Waals surface area contributed by atoms with Crippen LogP contribution in [0.4, 0.5) is 0 Å². The van der Waals surface area contributed by atoms with Gasteiger partial charge in [0.1, 0.15) is 60.4 Å². The Kier molecular flexibility index (Phi) is 28.5. The molecule has 6 N–H and O–H groups in total. The summed E-state index contributed by atoms with van der Waals surface area (Å²) in [4.78, 5) is 163. The van der Waals surface area contributed by atoms with Gasteiger partial charge in [0.25, 0.3) is 0 Å². The van der Waals surface area contributed by atoms with E-state index in [1.54, 1.807) is 20.8 Å². The molecule has 1 rings (SSSR count). The van der Waals surface area contributed by atoms with Gasteiger partial charge >= 0.3 is 0 Å². The molecular formula is C55H99N11O12. The Balaban J connectivity index is 4.07. The van der Waals surface area contributed by atoms with E-state index in [-0.39, 0.29) is 55.8 Å². The lowest BCUT2D eigenvalue weighted by Gasteiger charge is -2.37. The molecule has 0 unspecified atom stereocenters. The van der Waals surface area contributed by atoms with E-state index in [9.17, 15) is 57.8 Å². The van der Waals surface area contributed by atoms with E-state index in [1.165, 1.54) is 89.6 Å². The molecule has 0 spiro atoms. The zero-order chi connectivity index (χ0) is 60.5. The third-order valence-corrected chi connectivity index (χ3v) is 14.1. The molecule has 23 nitrogen and oxygen atoms in total. The van der Waals surface area contributed by atoms with Crippen molar-refractivity contribution in [2.75, 3.05) is 48.8 Å². The summed E-state index contributed by atoms with van der Waals surface area (Å²) in [6.07, 6.45) is -0.351. The highest BCUT2D eigenvalue weighted by molar-refractivity contribution is 5.99. The molecule has 78 heavy (non-hydrogen) atoms. The zero-order valence-corrected chi connectivity index (χ0v) is 50.8. The van der Waals surface area contributed by atoms with Crippen LogP contribution in [0.2, 0.25) is 0 Å². The van der Waals surface area contributed by atoms with Crippen LogP contribution in [0.5, 0.6) is 0 Å². The Hall–Kier alpha value is -5.87. The first-order valence-corrected chi connectivity index (χ1v) is 27.7. The molecule has 0 aromatic carbocycles. The van der Waals surface area contributed by atoms with E-state index in [4.69, 9.17) is 0 Å². The first-order valence-electron chi connectivity index (χ1n) is 27.7. The van der Waals surface area contributed by atoms with Gasteiger partial charge in [-0.15, -0.1) is 0 Å². The van der Waals surface area contributed by atoms with Crippen LogP contribution in [0.15, 0.2) is 0 Å². The Labute approximate surface area is 464 Å². The standard InChI is InChI=1S/C55H99N11O12/c1-22-23-38-53(76)61(16)28-43(68)62(17)39(24-29(2)3)49(72)60-44(33(10)11)55(78)64(19)41(26-31(6)7)47(70)56-34(12)46(69)57-35(13)51(74)65(20)42(27-32(8)9)54(77)63(18)40(25-30(4)5)48(71)58-36(14)52(75)66(21)45(37(15)67)50(73)59-38/h29-42,44-45,67H,22-28H2,1-21H3,(H,56,70)(H,57,69)(H,58,71)(H,59,73)(H,60,72)/t34-,35+,36-,37+,38-,39-,40-,41-,42-,44-,45-/m0/s1. The summed E-state index contributed by atoms with van der Waals surface area (Å²) in [6, 6.07) is -12.2. The van der Waals surface area contributed by atoms with Crippen LogP contribution in [-0.4, -0.2) is 215 Å². The molecule has 0 radical (unpaired) electrons. The smallest absolute Gasteiger partial charge is 0.246 e. The molecule has 1 aliphatic heterocycles. The summed E-state index contributed by atoms with van der Waals surface area (Å²) >= 11 is 0. The molecule has 0 saturated carbocycles. The third kappa shape index (κ3) is 20.1. The predicted octanol–water partition coefficient (Wildman–Crippen LogP) is 1.10. The first-order chi connectivity index (χ1) is 35.9. The predicted molar refractivity (Wildman–Crippen MR) is 296 cm³/mol. The fraction of sp³-hybridized carbons (Fsp3) is 0.800. The van der Waals surface area contributed by atoms with Crippen molar-refractivity contribution in [3.63, 3.8) is 0 Å². The van der Waals surface area contributed by atoms with Crippen LogP contribution in [0.3, 0.4) is 0 Å². The number of hydrogen-bond acceptors (Lipinski definition) is 12. The third-order valence-electron chi connectivity index (χ3n) is 14.1. The van der Waals surface area contributed by atoms with Crippen molar-refractivity contribution in [3.05, 3.63) is 0 Å². The summed E-state index contributed by atoms with van der Waals surface area (Å²) in [6.45, 7) is 25.1. The van der Waals surface area contributed by atoms with E-state index < -0.39 is 144 Å². The molecule has 446 valence electrons. The van der Waals surface area contributed by atoms with Crippen LogP contribution in [0.25, 0.3) is 0 Å². The topological polar surface area (TPSA) is 288 Å². The number of hydrogen-bond donors (Lipinski definition) is 6. The Morgan fingerprint density at radius 1 is 0.436 bits per heavy atom. The minimum atomic E-state index is -1.56.